The molecule has 0 aliphatic carbocycles. The Hall–Kier alpha value is -3.15. The zero-order chi connectivity index (χ0) is 21.5. The van der Waals surface area contributed by atoms with E-state index in [9.17, 15) is 4.79 Å². The molecule has 6 heteroatoms. The van der Waals surface area contributed by atoms with Crippen molar-refractivity contribution < 1.29 is 19.0 Å². The molecule has 158 valence electrons. The van der Waals surface area contributed by atoms with Crippen LogP contribution in [0.1, 0.15) is 31.4 Å². The number of benzene rings is 2. The van der Waals surface area contributed by atoms with E-state index in [1.54, 1.807) is 21.3 Å². The van der Waals surface area contributed by atoms with Crippen molar-refractivity contribution in [2.45, 2.75) is 31.3 Å². The number of rotatable bonds is 5. The third-order valence-electron chi connectivity index (χ3n) is 6.34. The molecule has 2 aromatic rings. The minimum absolute atomic E-state index is 0.0571. The minimum atomic E-state index is -0.660. The van der Waals surface area contributed by atoms with Gasteiger partial charge < -0.3 is 24.4 Å². The number of hydrogen-bond donors (Lipinski definition) is 1. The quantitative estimate of drug-likeness (QED) is 0.817. The molecule has 1 amide bonds. The van der Waals surface area contributed by atoms with Crippen molar-refractivity contribution in [2.24, 2.45) is 0 Å². The molecule has 2 aliphatic rings. The Bertz CT molecular complexity index is 989. The number of nitrogens with one attached hydrogen (secondary N) is 1. The summed E-state index contributed by atoms with van der Waals surface area (Å²) < 4.78 is 16.4. The van der Waals surface area contributed by atoms with Crippen molar-refractivity contribution in [3.63, 3.8) is 0 Å². The van der Waals surface area contributed by atoms with Crippen molar-refractivity contribution >= 4 is 17.7 Å². The second-order valence-corrected chi connectivity index (χ2v) is 8.15. The van der Waals surface area contributed by atoms with E-state index < -0.39 is 5.66 Å². The molecule has 2 heterocycles. The Morgan fingerprint density at radius 2 is 1.70 bits per heavy atom. The van der Waals surface area contributed by atoms with Crippen LogP contribution in [0.3, 0.4) is 0 Å². The van der Waals surface area contributed by atoms with Gasteiger partial charge >= 0.3 is 0 Å². The van der Waals surface area contributed by atoms with Crippen LogP contribution in [-0.4, -0.2) is 39.4 Å². The molecule has 0 radical (unpaired) electrons. The van der Waals surface area contributed by atoms with Crippen LogP contribution in [0.2, 0.25) is 0 Å². The Labute approximate surface area is 177 Å². The van der Waals surface area contributed by atoms with Gasteiger partial charge in [0.2, 0.25) is 11.7 Å². The first-order valence-electron chi connectivity index (χ1n) is 10.1. The molecule has 4 rings (SSSR count). The molecule has 1 fully saturated rings. The maximum atomic E-state index is 12.5. The van der Waals surface area contributed by atoms with Gasteiger partial charge in [0.1, 0.15) is 5.66 Å². The number of para-hydroxylation sites is 1. The summed E-state index contributed by atoms with van der Waals surface area (Å²) in [5.41, 5.74) is 2.30. The highest BCUT2D eigenvalue weighted by Crippen LogP contribution is 2.52. The van der Waals surface area contributed by atoms with Gasteiger partial charge in [0.15, 0.2) is 11.5 Å². The number of fused-ring (bicyclic) bond motifs is 3. The standard InChI is InChI=1S/C24H28N2O4/c1-23(2)17-8-6-7-9-18(17)26-13-11-21(27)25-24(23,26)12-10-16-14-19(28-3)22(30-5)20(15-16)29-4/h6-10,12,14-15H,11,13H2,1-5H3,(H,25,27)/b12-10+/t24-/m1/s1. The predicted molar refractivity (Wildman–Crippen MR) is 117 cm³/mol. The average Bonchev–Trinajstić information content (AvgIpc) is 2.95. The highest BCUT2D eigenvalue weighted by Gasteiger charge is 2.57. The first-order valence-corrected chi connectivity index (χ1v) is 10.1. The number of amides is 1. The molecule has 0 bridgehead atoms. The summed E-state index contributed by atoms with van der Waals surface area (Å²) in [6.45, 7) is 5.03. The maximum Gasteiger partial charge on any atom is 0.223 e. The van der Waals surface area contributed by atoms with Gasteiger partial charge in [-0.15, -0.1) is 0 Å². The normalized spacial score (nSPS) is 21.8. The lowest BCUT2D eigenvalue weighted by Crippen LogP contribution is -2.68. The minimum Gasteiger partial charge on any atom is -0.493 e. The molecule has 6 nitrogen and oxygen atoms in total. The molecule has 1 atom stereocenters. The topological polar surface area (TPSA) is 60.0 Å². The molecular weight excluding hydrogens is 380 g/mol. The van der Waals surface area contributed by atoms with Crippen molar-refractivity contribution in [2.75, 3.05) is 32.8 Å². The van der Waals surface area contributed by atoms with Crippen molar-refractivity contribution in [1.82, 2.24) is 5.32 Å². The van der Waals surface area contributed by atoms with Crippen LogP contribution in [0.25, 0.3) is 6.08 Å². The van der Waals surface area contributed by atoms with Crippen LogP contribution in [0.5, 0.6) is 17.2 Å². The van der Waals surface area contributed by atoms with E-state index in [1.165, 1.54) is 5.56 Å². The van der Waals surface area contributed by atoms with Gasteiger partial charge in [-0.05, 0) is 35.4 Å². The van der Waals surface area contributed by atoms with Gasteiger partial charge in [0.05, 0.1) is 21.3 Å². The first kappa shape index (κ1) is 20.1. The second kappa shape index (κ2) is 7.27. The van der Waals surface area contributed by atoms with Gasteiger partial charge in [-0.1, -0.05) is 38.1 Å². The lowest BCUT2D eigenvalue weighted by molar-refractivity contribution is -0.124. The summed E-state index contributed by atoms with van der Waals surface area (Å²) in [5, 5.41) is 3.29. The zero-order valence-corrected chi connectivity index (χ0v) is 18.1. The third-order valence-corrected chi connectivity index (χ3v) is 6.34. The van der Waals surface area contributed by atoms with Crippen molar-refractivity contribution in [1.29, 1.82) is 0 Å². The molecular formula is C24H28N2O4. The van der Waals surface area contributed by atoms with Crippen LogP contribution in [-0.2, 0) is 10.2 Å². The highest BCUT2D eigenvalue weighted by molar-refractivity contribution is 5.84. The van der Waals surface area contributed by atoms with E-state index in [0.717, 1.165) is 11.3 Å². The van der Waals surface area contributed by atoms with Crippen LogP contribution in [0, 0.1) is 0 Å². The van der Waals surface area contributed by atoms with Crippen LogP contribution in [0.15, 0.2) is 42.5 Å². The van der Waals surface area contributed by atoms with E-state index in [4.69, 9.17) is 14.2 Å². The summed E-state index contributed by atoms with van der Waals surface area (Å²) >= 11 is 0. The number of anilines is 1. The predicted octanol–water partition coefficient (Wildman–Crippen LogP) is 3.74. The number of carbonyl (C=O) groups is 1. The summed E-state index contributed by atoms with van der Waals surface area (Å²) in [6.07, 6.45) is 4.58. The van der Waals surface area contributed by atoms with E-state index in [1.807, 2.05) is 24.3 Å². The van der Waals surface area contributed by atoms with E-state index in [0.29, 0.717) is 30.2 Å². The van der Waals surface area contributed by atoms with Crippen LogP contribution >= 0.6 is 0 Å². The molecule has 0 saturated carbocycles. The second-order valence-electron chi connectivity index (χ2n) is 8.15. The maximum absolute atomic E-state index is 12.5. The Kier molecular flexibility index (Phi) is 4.88. The Morgan fingerprint density at radius 3 is 2.33 bits per heavy atom. The van der Waals surface area contributed by atoms with Gasteiger partial charge in [-0.25, -0.2) is 0 Å². The van der Waals surface area contributed by atoms with Crippen LogP contribution in [0.4, 0.5) is 5.69 Å². The molecule has 0 spiro atoms. The monoisotopic (exact) mass is 408 g/mol. The fraction of sp³-hybridized carbons (Fsp3) is 0.375. The van der Waals surface area contributed by atoms with Crippen molar-refractivity contribution in [3.8, 4) is 17.2 Å². The van der Waals surface area contributed by atoms with Crippen LogP contribution < -0.4 is 24.4 Å². The van der Waals surface area contributed by atoms with Gasteiger partial charge in [0.25, 0.3) is 0 Å². The fourth-order valence-corrected chi connectivity index (χ4v) is 4.73. The molecule has 0 aromatic heterocycles. The van der Waals surface area contributed by atoms with E-state index in [2.05, 4.69) is 48.3 Å². The number of hydrogen-bond acceptors (Lipinski definition) is 5. The SMILES string of the molecule is COc1cc(/C=C/[C@@]23NC(=O)CCN2c2ccccc2C3(C)C)cc(OC)c1OC. The molecule has 1 N–H and O–H groups in total. The molecule has 1 saturated heterocycles. The Morgan fingerprint density at radius 1 is 1.03 bits per heavy atom. The molecule has 2 aromatic carbocycles. The number of carbonyl (C=O) groups excluding carboxylic acids is 1. The fourth-order valence-electron chi connectivity index (χ4n) is 4.73. The number of methoxy groups -OCH3 is 3. The van der Waals surface area contributed by atoms with E-state index >= 15 is 0 Å². The largest absolute Gasteiger partial charge is 0.493 e. The van der Waals surface area contributed by atoms with E-state index in [-0.39, 0.29) is 11.3 Å². The van der Waals surface area contributed by atoms with Gasteiger partial charge in [-0.2, -0.15) is 0 Å². The summed E-state index contributed by atoms with van der Waals surface area (Å²) in [6, 6.07) is 12.2. The summed E-state index contributed by atoms with van der Waals surface area (Å²) in [5.74, 6) is 1.79. The van der Waals surface area contributed by atoms with Gasteiger partial charge in [-0.3, -0.25) is 4.79 Å². The first-order chi connectivity index (χ1) is 14.4. The smallest absolute Gasteiger partial charge is 0.223 e. The summed E-state index contributed by atoms with van der Waals surface area (Å²) in [7, 11) is 4.79. The highest BCUT2D eigenvalue weighted by atomic mass is 16.5. The molecule has 30 heavy (non-hydrogen) atoms. The lowest BCUT2D eigenvalue weighted by Gasteiger charge is -2.49. The van der Waals surface area contributed by atoms with Gasteiger partial charge in [0, 0.05) is 24.1 Å². The molecule has 2 aliphatic heterocycles. The Balaban J connectivity index is 1.82. The number of ether oxygens (including phenoxy) is 3. The van der Waals surface area contributed by atoms with Crippen molar-refractivity contribution in [3.05, 3.63) is 53.6 Å². The lowest BCUT2D eigenvalue weighted by atomic mass is 9.74. The third kappa shape index (κ3) is 2.82. The average molecular weight is 408 g/mol. The molecule has 0 unspecified atom stereocenters. The summed E-state index contributed by atoms with van der Waals surface area (Å²) in [4.78, 5) is 14.8. The zero-order valence-electron chi connectivity index (χ0n) is 18.1. The number of nitrogens with zero attached hydrogens (tertiary/aromatic N) is 1.